The predicted octanol–water partition coefficient (Wildman–Crippen LogP) is 4.43. The van der Waals surface area contributed by atoms with Gasteiger partial charge in [-0.25, -0.2) is 4.52 Å². The molecule has 0 saturated heterocycles. The van der Waals surface area contributed by atoms with Gasteiger partial charge in [-0.3, -0.25) is 4.79 Å². The number of aromatic nitrogens is 3. The van der Waals surface area contributed by atoms with Gasteiger partial charge in [-0.05, 0) is 53.8 Å². The molecule has 0 aliphatic carbocycles. The largest absolute Gasteiger partial charge is 0.573 e. The number of thiophene rings is 1. The zero-order valence-electron chi connectivity index (χ0n) is 16.1. The number of fused-ring (bicyclic) bond motifs is 1. The molecule has 0 saturated carbocycles. The fourth-order valence-corrected chi connectivity index (χ4v) is 3.81. The van der Waals surface area contributed by atoms with Crippen molar-refractivity contribution >= 4 is 28.8 Å². The van der Waals surface area contributed by atoms with Gasteiger partial charge in [0.15, 0.2) is 5.65 Å². The fraction of sp³-hybridized carbons (Fsp3) is 0.150. The van der Waals surface area contributed by atoms with Crippen molar-refractivity contribution in [2.24, 2.45) is 0 Å². The number of rotatable bonds is 5. The molecule has 3 N–H and O–H groups in total. The van der Waals surface area contributed by atoms with Gasteiger partial charge >= 0.3 is 6.36 Å². The summed E-state index contributed by atoms with van der Waals surface area (Å²) >= 11 is 1.28. The number of hydrogen-bond donors (Lipinski definition) is 2. The standard InChI is InChI=1S/C20H16F3N5O2S/c1-11(12-2-5-15(6-3-12)30-20(21,22)23)25-18(29)16-8-14(10-31-16)13-4-7-17-26-19(24)27-28(17)9-13/h2-11H,1H3,(H2,24,27)(H,25,29). The van der Waals surface area contributed by atoms with Crippen LogP contribution in [0.15, 0.2) is 54.0 Å². The summed E-state index contributed by atoms with van der Waals surface area (Å²) in [6, 6.07) is 10.4. The summed E-state index contributed by atoms with van der Waals surface area (Å²) in [5, 5.41) is 8.77. The highest BCUT2D eigenvalue weighted by Crippen LogP contribution is 2.27. The topological polar surface area (TPSA) is 94.5 Å². The van der Waals surface area contributed by atoms with E-state index in [9.17, 15) is 18.0 Å². The van der Waals surface area contributed by atoms with Crippen LogP contribution >= 0.6 is 11.3 Å². The van der Waals surface area contributed by atoms with E-state index in [2.05, 4.69) is 20.1 Å². The lowest BCUT2D eigenvalue weighted by atomic mass is 10.1. The van der Waals surface area contributed by atoms with Crippen LogP contribution in [0.3, 0.4) is 0 Å². The second-order valence-corrected chi connectivity index (χ2v) is 7.61. The van der Waals surface area contributed by atoms with E-state index in [4.69, 9.17) is 5.73 Å². The van der Waals surface area contributed by atoms with Crippen LogP contribution in [0.25, 0.3) is 16.8 Å². The summed E-state index contributed by atoms with van der Waals surface area (Å²) in [5.41, 5.74) is 8.56. The Labute approximate surface area is 178 Å². The van der Waals surface area contributed by atoms with Gasteiger partial charge in [-0.1, -0.05) is 12.1 Å². The smallest absolute Gasteiger partial charge is 0.406 e. The van der Waals surface area contributed by atoms with E-state index in [-0.39, 0.29) is 17.6 Å². The van der Waals surface area contributed by atoms with E-state index in [0.717, 1.165) is 11.1 Å². The Bertz CT molecular complexity index is 1230. The van der Waals surface area contributed by atoms with Crippen LogP contribution in [-0.4, -0.2) is 26.9 Å². The lowest BCUT2D eigenvalue weighted by molar-refractivity contribution is -0.274. The highest BCUT2D eigenvalue weighted by atomic mass is 32.1. The fourth-order valence-electron chi connectivity index (χ4n) is 2.99. The van der Waals surface area contributed by atoms with Crippen molar-refractivity contribution in [3.05, 3.63) is 64.5 Å². The number of alkyl halides is 3. The van der Waals surface area contributed by atoms with E-state index in [0.29, 0.717) is 16.1 Å². The molecule has 1 amide bonds. The molecule has 31 heavy (non-hydrogen) atoms. The predicted molar refractivity (Wildman–Crippen MR) is 110 cm³/mol. The van der Waals surface area contributed by atoms with Crippen molar-refractivity contribution in [1.29, 1.82) is 0 Å². The quantitative estimate of drug-likeness (QED) is 0.472. The van der Waals surface area contributed by atoms with Crippen molar-refractivity contribution in [3.63, 3.8) is 0 Å². The number of hydrogen-bond acceptors (Lipinski definition) is 6. The highest BCUT2D eigenvalue weighted by Gasteiger charge is 2.31. The molecule has 4 rings (SSSR count). The van der Waals surface area contributed by atoms with Crippen LogP contribution in [0.2, 0.25) is 0 Å². The molecule has 160 valence electrons. The molecule has 1 aromatic carbocycles. The molecule has 1 unspecified atom stereocenters. The van der Waals surface area contributed by atoms with Gasteiger partial charge in [0.25, 0.3) is 5.91 Å². The molecule has 7 nitrogen and oxygen atoms in total. The Morgan fingerprint density at radius 2 is 1.94 bits per heavy atom. The van der Waals surface area contributed by atoms with Crippen molar-refractivity contribution < 1.29 is 22.7 Å². The summed E-state index contributed by atoms with van der Waals surface area (Å²) in [4.78, 5) is 17.2. The van der Waals surface area contributed by atoms with Crippen LogP contribution < -0.4 is 15.8 Å². The minimum atomic E-state index is -4.75. The van der Waals surface area contributed by atoms with Gasteiger partial charge < -0.3 is 15.8 Å². The summed E-state index contributed by atoms with van der Waals surface area (Å²) in [7, 11) is 0. The first-order valence-electron chi connectivity index (χ1n) is 9.05. The van der Waals surface area contributed by atoms with E-state index >= 15 is 0 Å². The lowest BCUT2D eigenvalue weighted by Gasteiger charge is -2.15. The first-order chi connectivity index (χ1) is 14.7. The van der Waals surface area contributed by atoms with Crippen molar-refractivity contribution in [2.75, 3.05) is 5.73 Å². The molecule has 0 bridgehead atoms. The molecule has 4 aromatic rings. The molecule has 0 spiro atoms. The van der Waals surface area contributed by atoms with Crippen LogP contribution in [-0.2, 0) is 0 Å². The number of nitrogen functional groups attached to an aromatic ring is 1. The number of ether oxygens (including phenoxy) is 1. The monoisotopic (exact) mass is 447 g/mol. The third-order valence-corrected chi connectivity index (χ3v) is 5.39. The van der Waals surface area contributed by atoms with Crippen molar-refractivity contribution in [2.45, 2.75) is 19.3 Å². The van der Waals surface area contributed by atoms with Gasteiger partial charge in [0, 0.05) is 11.8 Å². The number of pyridine rings is 1. The Kier molecular flexibility index (Phi) is 5.27. The molecule has 0 radical (unpaired) electrons. The average Bonchev–Trinajstić information content (AvgIpc) is 3.32. The average molecular weight is 447 g/mol. The number of nitrogens with two attached hydrogens (primary N) is 1. The maximum absolute atomic E-state index is 12.6. The third-order valence-electron chi connectivity index (χ3n) is 4.47. The van der Waals surface area contributed by atoms with Crippen LogP contribution in [0.4, 0.5) is 19.1 Å². The second kappa shape index (κ2) is 7.91. The molecular formula is C20H16F3N5O2S. The first kappa shape index (κ1) is 20.7. The Morgan fingerprint density at radius 3 is 2.65 bits per heavy atom. The third kappa shape index (κ3) is 4.77. The van der Waals surface area contributed by atoms with Gasteiger partial charge in [-0.2, -0.15) is 4.98 Å². The number of nitrogens with one attached hydrogen (secondary N) is 1. The van der Waals surface area contributed by atoms with Crippen molar-refractivity contribution in [3.8, 4) is 16.9 Å². The molecule has 0 fully saturated rings. The van der Waals surface area contributed by atoms with Gasteiger partial charge in [-0.15, -0.1) is 29.6 Å². The summed E-state index contributed by atoms with van der Waals surface area (Å²) in [6.07, 6.45) is -2.97. The zero-order chi connectivity index (χ0) is 22.2. The van der Waals surface area contributed by atoms with Gasteiger partial charge in [0.1, 0.15) is 5.75 Å². The Hall–Kier alpha value is -3.60. The Balaban J connectivity index is 1.44. The minimum absolute atomic E-state index is 0.175. The number of anilines is 1. The van der Waals surface area contributed by atoms with Gasteiger partial charge in [0.05, 0.1) is 10.9 Å². The molecule has 11 heteroatoms. The number of amides is 1. The molecule has 3 heterocycles. The normalized spacial score (nSPS) is 12.6. The van der Waals surface area contributed by atoms with Gasteiger partial charge in [0.2, 0.25) is 5.95 Å². The molecular weight excluding hydrogens is 431 g/mol. The minimum Gasteiger partial charge on any atom is -0.406 e. The van der Waals surface area contributed by atoms with E-state index in [1.165, 1.54) is 35.6 Å². The summed E-state index contributed by atoms with van der Waals surface area (Å²) in [6.45, 7) is 1.75. The zero-order valence-corrected chi connectivity index (χ0v) is 16.9. The molecule has 0 aliphatic rings. The number of halogens is 3. The summed E-state index contributed by atoms with van der Waals surface area (Å²) < 4.78 is 42.2. The number of carbonyl (C=O) groups is 1. The van der Waals surface area contributed by atoms with E-state index in [1.54, 1.807) is 29.8 Å². The molecule has 3 aromatic heterocycles. The maximum Gasteiger partial charge on any atom is 0.573 e. The number of carbonyl (C=O) groups excluding carboxylic acids is 1. The first-order valence-corrected chi connectivity index (χ1v) is 9.93. The van der Waals surface area contributed by atoms with E-state index < -0.39 is 12.4 Å². The molecule has 0 aliphatic heterocycles. The number of nitrogens with zero attached hydrogens (tertiary/aromatic N) is 3. The van der Waals surface area contributed by atoms with E-state index in [1.807, 2.05) is 11.4 Å². The Morgan fingerprint density at radius 1 is 1.19 bits per heavy atom. The van der Waals surface area contributed by atoms with Crippen molar-refractivity contribution in [1.82, 2.24) is 19.9 Å². The maximum atomic E-state index is 12.6. The SMILES string of the molecule is CC(NC(=O)c1cc(-c2ccc3nc(N)nn3c2)cs1)c1ccc(OC(F)(F)F)cc1. The van der Waals surface area contributed by atoms with Crippen LogP contribution in [0.5, 0.6) is 5.75 Å². The highest BCUT2D eigenvalue weighted by molar-refractivity contribution is 7.12. The molecule has 1 atom stereocenters. The van der Waals surface area contributed by atoms with Crippen LogP contribution in [0.1, 0.15) is 28.2 Å². The summed E-state index contributed by atoms with van der Waals surface area (Å²) in [5.74, 6) is -0.427. The lowest BCUT2D eigenvalue weighted by Crippen LogP contribution is -2.25. The van der Waals surface area contributed by atoms with Crippen LogP contribution in [0, 0.1) is 0 Å². The second-order valence-electron chi connectivity index (χ2n) is 6.70. The number of benzene rings is 1.